The van der Waals surface area contributed by atoms with Gasteiger partial charge in [-0.3, -0.25) is 9.59 Å². The van der Waals surface area contributed by atoms with Crippen LogP contribution < -0.4 is 10.6 Å². The van der Waals surface area contributed by atoms with Crippen LogP contribution in [0.25, 0.3) is 6.08 Å². The van der Waals surface area contributed by atoms with E-state index in [9.17, 15) is 19.5 Å². The van der Waals surface area contributed by atoms with Gasteiger partial charge in [0.2, 0.25) is 11.8 Å². The number of rotatable bonds is 11. The molecule has 1 aromatic carbocycles. The Kier molecular flexibility index (Phi) is 9.66. The van der Waals surface area contributed by atoms with Crippen LogP contribution in [0.3, 0.4) is 0 Å². The predicted molar refractivity (Wildman–Crippen MR) is 195 cm³/mol. The minimum atomic E-state index is -1.24. The number of nitrogens with one attached hydrogen (secondary N) is 2. The van der Waals surface area contributed by atoms with Crippen LogP contribution in [0, 0.1) is 29.1 Å². The van der Waals surface area contributed by atoms with Crippen LogP contribution in [-0.2, 0) is 28.5 Å². The van der Waals surface area contributed by atoms with Crippen molar-refractivity contribution in [1.82, 2.24) is 10.6 Å². The van der Waals surface area contributed by atoms with E-state index in [4.69, 9.17) is 24.1 Å². The van der Waals surface area contributed by atoms with Crippen LogP contribution >= 0.6 is 0 Å². The van der Waals surface area contributed by atoms with E-state index in [0.717, 1.165) is 50.5 Å². The van der Waals surface area contributed by atoms with Crippen molar-refractivity contribution in [3.05, 3.63) is 52.6 Å². The summed E-state index contributed by atoms with van der Waals surface area (Å²) in [6, 6.07) is 6.33. The smallest absolute Gasteiger partial charge is 0.338 e. The fourth-order valence-electron chi connectivity index (χ4n) is 9.84. The topological polar surface area (TPSA) is 156 Å². The average molecular weight is 733 g/mol. The molecule has 7 aliphatic rings. The largest absolute Gasteiger partial charge is 0.456 e. The highest BCUT2D eigenvalue weighted by Crippen LogP contribution is 2.61. The van der Waals surface area contributed by atoms with Crippen LogP contribution in [-0.4, -0.2) is 89.1 Å². The number of carbonyl (C=O) groups is 3. The second kappa shape index (κ2) is 13.9. The third kappa shape index (κ3) is 7.24. The molecule has 5 aliphatic carbocycles. The molecule has 9 atom stereocenters. The maximum absolute atomic E-state index is 13.8. The molecule has 53 heavy (non-hydrogen) atoms. The van der Waals surface area contributed by atoms with Gasteiger partial charge in [0.15, 0.2) is 5.79 Å². The number of amides is 2. The zero-order chi connectivity index (χ0) is 37.3. The van der Waals surface area contributed by atoms with Crippen molar-refractivity contribution in [1.29, 1.82) is 0 Å². The summed E-state index contributed by atoms with van der Waals surface area (Å²) in [6.07, 6.45) is 10.8. The van der Waals surface area contributed by atoms with Crippen LogP contribution in [0.15, 0.2) is 41.5 Å². The highest BCUT2D eigenvalue weighted by molar-refractivity contribution is 5.97. The highest BCUT2D eigenvalue weighted by Gasteiger charge is 2.64. The number of hydrogen-bond donors (Lipinski definition) is 4. The first-order chi connectivity index (χ1) is 25.3. The Morgan fingerprint density at radius 1 is 1.00 bits per heavy atom. The summed E-state index contributed by atoms with van der Waals surface area (Å²) >= 11 is 0. The van der Waals surface area contributed by atoms with Gasteiger partial charge in [-0.25, -0.2) is 4.79 Å². The van der Waals surface area contributed by atoms with E-state index in [2.05, 4.69) is 37.5 Å². The minimum absolute atomic E-state index is 0.00880. The van der Waals surface area contributed by atoms with Crippen molar-refractivity contribution < 1.29 is 43.5 Å². The predicted octanol–water partition coefficient (Wildman–Crippen LogP) is 4.59. The molecule has 4 saturated carbocycles. The molecule has 2 amide bonds. The molecule has 1 aromatic rings. The molecule has 288 valence electrons. The molecule has 0 radical (unpaired) electrons. The number of esters is 1. The molecule has 11 heteroatoms. The lowest BCUT2D eigenvalue weighted by molar-refractivity contribution is -0.209. The maximum atomic E-state index is 13.8. The summed E-state index contributed by atoms with van der Waals surface area (Å²) in [7, 11) is 0. The standard InChI is InChI=1S/C42H56N2O9/c1-23(46)35(38(48)43-17-18-45)44-37(47)27-20-32(36-33(21-27)51-42(53-36,28-10-11-28)29-12-13-29)50-39(49)25-7-5-24(6-8-25)19-26-9-14-34-41(4,52-34)16-15-31-30(26)22-40(31,2)3/h5-8,19,21,23,28-36,45-46H,9-18,20,22H2,1-4H3,(H,43,48)(H,44,47)/t23-,30+,31+,32+,33+,34?,35+,36-,41+/m0/s1. The summed E-state index contributed by atoms with van der Waals surface area (Å²) in [6.45, 7) is 8.18. The van der Waals surface area contributed by atoms with Gasteiger partial charge < -0.3 is 39.8 Å². The molecule has 2 saturated heterocycles. The Balaban J connectivity index is 0.988. The third-order valence-electron chi connectivity index (χ3n) is 13.3. The lowest BCUT2D eigenvalue weighted by Gasteiger charge is -2.53. The van der Waals surface area contributed by atoms with E-state index in [0.29, 0.717) is 34.5 Å². The summed E-state index contributed by atoms with van der Waals surface area (Å²) in [5.41, 5.74) is 3.61. The van der Waals surface area contributed by atoms with Crippen molar-refractivity contribution in [2.75, 3.05) is 13.2 Å². The van der Waals surface area contributed by atoms with E-state index in [-0.39, 0.29) is 37.0 Å². The second-order valence-electron chi connectivity index (χ2n) is 17.7. The van der Waals surface area contributed by atoms with Crippen molar-refractivity contribution in [2.24, 2.45) is 29.1 Å². The normalized spacial score (nSPS) is 35.7. The Labute approximate surface area is 312 Å². The first-order valence-corrected chi connectivity index (χ1v) is 19.9. The molecule has 8 rings (SSSR count). The molecule has 2 aliphatic heterocycles. The van der Waals surface area contributed by atoms with Gasteiger partial charge in [0.05, 0.1) is 30.0 Å². The fourth-order valence-corrected chi connectivity index (χ4v) is 9.84. The lowest BCUT2D eigenvalue weighted by Crippen LogP contribution is -2.54. The summed E-state index contributed by atoms with van der Waals surface area (Å²) in [5, 5.41) is 24.6. The molecule has 1 unspecified atom stereocenters. The molecule has 11 nitrogen and oxygen atoms in total. The van der Waals surface area contributed by atoms with Gasteiger partial charge in [0, 0.05) is 30.4 Å². The number of benzene rings is 1. The van der Waals surface area contributed by atoms with E-state index < -0.39 is 54.0 Å². The van der Waals surface area contributed by atoms with Crippen molar-refractivity contribution >= 4 is 23.9 Å². The minimum Gasteiger partial charge on any atom is -0.456 e. The Bertz CT molecular complexity index is 1650. The highest BCUT2D eigenvalue weighted by atomic mass is 16.8. The van der Waals surface area contributed by atoms with Crippen molar-refractivity contribution in [2.45, 2.75) is 140 Å². The number of allylic oxidation sites excluding steroid dienone is 1. The van der Waals surface area contributed by atoms with Gasteiger partial charge in [-0.1, -0.05) is 37.6 Å². The Morgan fingerprint density at radius 2 is 1.72 bits per heavy atom. The molecule has 6 fully saturated rings. The van der Waals surface area contributed by atoms with Gasteiger partial charge in [0.25, 0.3) is 0 Å². The number of hydrogen-bond acceptors (Lipinski definition) is 9. The zero-order valence-corrected chi connectivity index (χ0v) is 31.5. The van der Waals surface area contributed by atoms with Gasteiger partial charge in [-0.05, 0) is 113 Å². The van der Waals surface area contributed by atoms with E-state index in [1.807, 2.05) is 12.1 Å². The first-order valence-electron chi connectivity index (χ1n) is 19.9. The van der Waals surface area contributed by atoms with Gasteiger partial charge in [-0.2, -0.15) is 0 Å². The first kappa shape index (κ1) is 36.9. The van der Waals surface area contributed by atoms with Crippen molar-refractivity contribution in [3.8, 4) is 0 Å². The molecule has 4 N–H and O–H groups in total. The van der Waals surface area contributed by atoms with Gasteiger partial charge >= 0.3 is 5.97 Å². The summed E-state index contributed by atoms with van der Waals surface area (Å²) in [4.78, 5) is 40.1. The Morgan fingerprint density at radius 3 is 2.36 bits per heavy atom. The quantitative estimate of drug-likeness (QED) is 0.189. The summed E-state index contributed by atoms with van der Waals surface area (Å²) < 4.78 is 25.8. The zero-order valence-electron chi connectivity index (χ0n) is 31.5. The number of aliphatic hydroxyl groups excluding tert-OH is 2. The number of aliphatic hydroxyl groups is 2. The van der Waals surface area contributed by atoms with Crippen LogP contribution in [0.4, 0.5) is 0 Å². The lowest BCUT2D eigenvalue weighted by atomic mass is 9.52. The maximum Gasteiger partial charge on any atom is 0.338 e. The molecule has 0 bridgehead atoms. The number of epoxide rings is 1. The summed E-state index contributed by atoms with van der Waals surface area (Å²) in [5.74, 6) is -0.677. The Hall–Kier alpha value is -3.09. The van der Waals surface area contributed by atoms with Crippen LogP contribution in [0.2, 0.25) is 0 Å². The van der Waals surface area contributed by atoms with E-state index >= 15 is 0 Å². The second-order valence-corrected chi connectivity index (χ2v) is 17.7. The molecule has 0 spiro atoms. The molecular formula is C42H56N2O9. The number of ether oxygens (including phenoxy) is 4. The van der Waals surface area contributed by atoms with E-state index in [1.54, 1.807) is 18.2 Å². The van der Waals surface area contributed by atoms with Crippen molar-refractivity contribution in [3.63, 3.8) is 0 Å². The van der Waals surface area contributed by atoms with Crippen LogP contribution in [0.1, 0.15) is 108 Å². The van der Waals surface area contributed by atoms with E-state index in [1.165, 1.54) is 25.3 Å². The number of carbonyl (C=O) groups excluding carboxylic acids is 3. The fraction of sp³-hybridized carbons (Fsp3) is 0.690. The van der Waals surface area contributed by atoms with Crippen LogP contribution in [0.5, 0.6) is 0 Å². The average Bonchev–Trinajstić information content (AvgIpc) is 4.03. The SMILES string of the molecule is C[C@H](O)[C@@H](NC(=O)C1=C[C@H]2OC(C3CC3)(C3CC3)O[C@H]2[C@H](OC(=O)c2ccc(C=C3CCC4O[C@]4(C)CC[C@@H]4[C@@H]3CC4(C)C)cc2)C1)C(=O)NCCO. The number of fused-ring (bicyclic) bond motifs is 3. The monoisotopic (exact) mass is 732 g/mol. The van der Waals surface area contributed by atoms with Gasteiger partial charge in [-0.15, -0.1) is 0 Å². The molecule has 2 heterocycles. The molecular weight excluding hydrogens is 676 g/mol. The third-order valence-corrected chi connectivity index (χ3v) is 13.3. The van der Waals surface area contributed by atoms with Gasteiger partial charge in [0.1, 0.15) is 24.4 Å². The molecule has 0 aromatic heterocycles.